The summed E-state index contributed by atoms with van der Waals surface area (Å²) in [5, 5.41) is 24.8. The number of amides is 1. The Hall–Kier alpha value is -2.10. The lowest BCUT2D eigenvalue weighted by atomic mass is 9.62. The number of Topliss-reactive ketones (excluding diaryl/α,β-unsaturated/α-hetero) is 1. The van der Waals surface area contributed by atoms with E-state index in [1.165, 1.54) is 30.3 Å². The van der Waals surface area contributed by atoms with Gasteiger partial charge in [0.25, 0.3) is 0 Å². The Kier molecular flexibility index (Phi) is 8.22. The molecule has 1 amide bonds. The van der Waals surface area contributed by atoms with Crippen LogP contribution >= 0.6 is 23.2 Å². The molecule has 0 unspecified atom stereocenters. The number of carbonyl (C=O) groups is 2. The topological polar surface area (TPSA) is 98.7 Å². The van der Waals surface area contributed by atoms with E-state index >= 15 is 0 Å². The first kappa shape index (κ1) is 28.9. The van der Waals surface area contributed by atoms with Crippen molar-refractivity contribution in [1.29, 1.82) is 0 Å². The van der Waals surface area contributed by atoms with Gasteiger partial charge in [0.2, 0.25) is 5.91 Å². The summed E-state index contributed by atoms with van der Waals surface area (Å²) in [5.74, 6) is -2.81. The summed E-state index contributed by atoms with van der Waals surface area (Å²) in [6.07, 6.45) is 0.140. The van der Waals surface area contributed by atoms with E-state index in [-0.39, 0.29) is 34.1 Å². The van der Waals surface area contributed by atoms with E-state index in [1.54, 1.807) is 0 Å². The van der Waals surface area contributed by atoms with Gasteiger partial charge in [-0.1, -0.05) is 50.0 Å². The molecule has 1 saturated heterocycles. The average Bonchev–Trinajstić information content (AvgIpc) is 3.30. The van der Waals surface area contributed by atoms with Gasteiger partial charge in [-0.15, -0.1) is 0 Å². The zero-order chi connectivity index (χ0) is 28.0. The fraction of sp³-hybridized carbons (Fsp3) is 0.500. The van der Waals surface area contributed by atoms with E-state index in [4.69, 9.17) is 28.3 Å². The third kappa shape index (κ3) is 5.21. The van der Waals surface area contributed by atoms with E-state index < -0.39 is 53.7 Å². The first-order valence-electron chi connectivity index (χ1n) is 12.6. The number of fused-ring (bicyclic) bond motifs is 2. The van der Waals surface area contributed by atoms with Crippen molar-refractivity contribution in [2.24, 2.45) is 5.41 Å². The molecule has 2 aliphatic heterocycles. The van der Waals surface area contributed by atoms with Crippen molar-refractivity contribution >= 4 is 40.6 Å². The number of ketones is 1. The predicted octanol–water partition coefficient (Wildman–Crippen LogP) is 5.11. The third-order valence-corrected chi connectivity index (χ3v) is 8.10. The fourth-order valence-electron chi connectivity index (χ4n) is 5.95. The molecule has 2 aromatic rings. The molecule has 1 fully saturated rings. The van der Waals surface area contributed by atoms with Gasteiger partial charge < -0.3 is 20.8 Å². The molecular formula is C28H32Cl2F2N2O4. The number of halogens is 4. The lowest BCUT2D eigenvalue weighted by Crippen LogP contribution is -2.49. The lowest BCUT2D eigenvalue weighted by molar-refractivity contribution is -0.122. The number of aliphatic hydroxyl groups excluding tert-OH is 2. The quantitative estimate of drug-likeness (QED) is 0.354. The number of nitrogens with one attached hydrogen (secondary N) is 2. The number of carbonyl (C=O) groups excluding carboxylic acids is 2. The molecule has 5 atom stereocenters. The van der Waals surface area contributed by atoms with Crippen molar-refractivity contribution in [1.82, 2.24) is 5.32 Å². The van der Waals surface area contributed by atoms with Crippen LogP contribution in [0.25, 0.3) is 0 Å². The van der Waals surface area contributed by atoms with Crippen molar-refractivity contribution in [3.8, 4) is 0 Å². The number of hydrogen-bond donors (Lipinski definition) is 4. The van der Waals surface area contributed by atoms with E-state index in [0.29, 0.717) is 29.7 Å². The fourth-order valence-corrected chi connectivity index (χ4v) is 6.30. The molecule has 4 N–H and O–H groups in total. The standard InChI is InChI=1S/C28H32Cl2F2N2O4/c1-27(2,3)12-23-28(16-10-20(32)18(30)11-21(16)33-26(28)38)24(14-7-8-19(31)17(29)9-14)25(34-23)22(37)6-4-5-15(36)13-35/h7-11,15,23-25,34-36H,4-6,12-13H2,1-3H3,(H,33,38)/t15-,23+,24-,25-,28-/m0/s1. The molecule has 0 saturated carbocycles. The SMILES string of the molecule is CC(C)(C)C[C@H]1N[C@@H](C(=O)CCC[C@H](O)CO)[C@H](c2ccc(F)c(Cl)c2)[C@@]12C(=O)Nc1cc(Cl)c(F)cc12. The third-order valence-electron chi connectivity index (χ3n) is 7.52. The highest BCUT2D eigenvalue weighted by Crippen LogP contribution is 2.57. The molecule has 206 valence electrons. The Morgan fingerprint density at radius 1 is 1.13 bits per heavy atom. The number of anilines is 1. The summed E-state index contributed by atoms with van der Waals surface area (Å²) in [5.41, 5.74) is -0.498. The largest absolute Gasteiger partial charge is 0.394 e. The molecular weight excluding hydrogens is 537 g/mol. The summed E-state index contributed by atoms with van der Waals surface area (Å²) in [6, 6.07) is 5.25. The van der Waals surface area contributed by atoms with Crippen LogP contribution in [-0.2, 0) is 15.0 Å². The Morgan fingerprint density at radius 3 is 2.45 bits per heavy atom. The van der Waals surface area contributed by atoms with Gasteiger partial charge in [-0.3, -0.25) is 9.59 Å². The van der Waals surface area contributed by atoms with Crippen LogP contribution in [-0.4, -0.2) is 46.7 Å². The van der Waals surface area contributed by atoms with Crippen LogP contribution in [0.2, 0.25) is 10.0 Å². The van der Waals surface area contributed by atoms with Gasteiger partial charge >= 0.3 is 0 Å². The number of benzene rings is 2. The molecule has 0 bridgehead atoms. The van der Waals surface area contributed by atoms with Crippen molar-refractivity contribution < 1.29 is 28.6 Å². The highest BCUT2D eigenvalue weighted by atomic mass is 35.5. The molecule has 1 spiro atoms. The number of hydrogen-bond acceptors (Lipinski definition) is 5. The summed E-state index contributed by atoms with van der Waals surface area (Å²) in [4.78, 5) is 27.7. The Balaban J connectivity index is 1.90. The van der Waals surface area contributed by atoms with Gasteiger partial charge in [0.05, 0.1) is 28.8 Å². The van der Waals surface area contributed by atoms with Crippen LogP contribution in [0, 0.1) is 17.0 Å². The maximum Gasteiger partial charge on any atom is 0.237 e. The summed E-state index contributed by atoms with van der Waals surface area (Å²) in [7, 11) is 0. The molecule has 10 heteroatoms. The van der Waals surface area contributed by atoms with Crippen LogP contribution in [0.5, 0.6) is 0 Å². The van der Waals surface area contributed by atoms with Crippen molar-refractivity contribution in [2.45, 2.75) is 76.0 Å². The normalized spacial score (nSPS) is 25.5. The molecule has 2 aliphatic rings. The monoisotopic (exact) mass is 568 g/mol. The minimum Gasteiger partial charge on any atom is -0.394 e. The number of rotatable bonds is 8. The lowest BCUT2D eigenvalue weighted by Gasteiger charge is -2.37. The summed E-state index contributed by atoms with van der Waals surface area (Å²) >= 11 is 12.2. The van der Waals surface area contributed by atoms with Gasteiger partial charge in [-0.2, -0.15) is 0 Å². The molecule has 6 nitrogen and oxygen atoms in total. The maximum atomic E-state index is 14.9. The minimum atomic E-state index is -1.42. The van der Waals surface area contributed by atoms with Gasteiger partial charge in [0.15, 0.2) is 0 Å². The highest BCUT2D eigenvalue weighted by Gasteiger charge is 2.65. The van der Waals surface area contributed by atoms with Crippen LogP contribution in [0.4, 0.5) is 14.5 Å². The van der Waals surface area contributed by atoms with Crippen LogP contribution in [0.3, 0.4) is 0 Å². The molecule has 2 heterocycles. The summed E-state index contributed by atoms with van der Waals surface area (Å²) in [6.45, 7) is 5.61. The second-order valence-electron chi connectivity index (χ2n) is 11.4. The van der Waals surface area contributed by atoms with Gasteiger partial charge in [0.1, 0.15) is 22.8 Å². The number of aliphatic hydroxyl groups is 2. The molecule has 4 rings (SSSR count). The van der Waals surface area contributed by atoms with E-state index in [0.717, 1.165) is 0 Å². The smallest absolute Gasteiger partial charge is 0.237 e. The first-order valence-corrected chi connectivity index (χ1v) is 13.4. The van der Waals surface area contributed by atoms with Crippen LogP contribution in [0.1, 0.15) is 63.5 Å². The van der Waals surface area contributed by atoms with Crippen LogP contribution < -0.4 is 10.6 Å². The molecule has 2 aromatic carbocycles. The van der Waals surface area contributed by atoms with E-state index in [2.05, 4.69) is 10.6 Å². The molecule has 0 aliphatic carbocycles. The van der Waals surface area contributed by atoms with E-state index in [9.17, 15) is 23.5 Å². The Morgan fingerprint density at radius 2 is 1.82 bits per heavy atom. The van der Waals surface area contributed by atoms with Gasteiger partial charge in [-0.25, -0.2) is 8.78 Å². The first-order chi connectivity index (χ1) is 17.8. The van der Waals surface area contributed by atoms with Crippen LogP contribution in [0.15, 0.2) is 30.3 Å². The predicted molar refractivity (Wildman–Crippen MR) is 143 cm³/mol. The summed E-state index contributed by atoms with van der Waals surface area (Å²) < 4.78 is 29.1. The molecule has 0 radical (unpaired) electrons. The maximum absolute atomic E-state index is 14.9. The average molecular weight is 569 g/mol. The van der Waals surface area contributed by atoms with Gasteiger partial charge in [0, 0.05) is 24.1 Å². The highest BCUT2D eigenvalue weighted by molar-refractivity contribution is 6.31. The van der Waals surface area contributed by atoms with Crippen molar-refractivity contribution in [2.75, 3.05) is 11.9 Å². The molecule has 0 aromatic heterocycles. The van der Waals surface area contributed by atoms with Crippen molar-refractivity contribution in [3.05, 3.63) is 63.1 Å². The van der Waals surface area contributed by atoms with Crippen molar-refractivity contribution in [3.63, 3.8) is 0 Å². The molecule has 38 heavy (non-hydrogen) atoms. The second kappa shape index (κ2) is 10.8. The van der Waals surface area contributed by atoms with E-state index in [1.807, 2.05) is 20.8 Å². The minimum absolute atomic E-state index is 0.0714. The van der Waals surface area contributed by atoms with Gasteiger partial charge in [-0.05, 0) is 60.1 Å². The Bertz CT molecular complexity index is 1250. The second-order valence-corrected chi connectivity index (χ2v) is 12.3. The zero-order valence-electron chi connectivity index (χ0n) is 21.5. The Labute approximate surface area is 230 Å². The zero-order valence-corrected chi connectivity index (χ0v) is 23.0.